The van der Waals surface area contributed by atoms with Crippen molar-refractivity contribution < 1.29 is 0 Å². The fraction of sp³-hybridized carbons (Fsp3) is 0. The molecule has 0 aliphatic rings. The maximum atomic E-state index is 13.2. The van der Waals surface area contributed by atoms with E-state index in [9.17, 15) is 4.79 Å². The van der Waals surface area contributed by atoms with E-state index in [4.69, 9.17) is 0 Å². The molecule has 0 bridgehead atoms. The molecule has 0 atom stereocenters. The fourth-order valence-corrected chi connectivity index (χ4v) is 4.30. The molecule has 0 radical (unpaired) electrons. The highest BCUT2D eigenvalue weighted by Crippen LogP contribution is 2.32. The summed E-state index contributed by atoms with van der Waals surface area (Å²) in [6, 6.07) is 28.2. The largest absolute Gasteiger partial charge is 0.268 e. The maximum absolute atomic E-state index is 13.2. The molecule has 0 saturated heterocycles. The summed E-state index contributed by atoms with van der Waals surface area (Å²) in [7, 11) is 0. The summed E-state index contributed by atoms with van der Waals surface area (Å²) >= 11 is 1.50. The summed E-state index contributed by atoms with van der Waals surface area (Å²) in [6.07, 6.45) is 1.61. The lowest BCUT2D eigenvalue weighted by molar-refractivity contribution is 0.967. The molecule has 3 aromatic carbocycles. The van der Waals surface area contributed by atoms with E-state index in [1.54, 1.807) is 10.9 Å². The number of nitrogens with zero attached hydrogens (tertiary/aromatic N) is 2. The van der Waals surface area contributed by atoms with E-state index in [1.807, 2.05) is 53.9 Å². The molecule has 134 valence electrons. The van der Waals surface area contributed by atoms with Gasteiger partial charge in [-0.25, -0.2) is 4.98 Å². The van der Waals surface area contributed by atoms with Crippen LogP contribution in [0.5, 0.6) is 0 Å². The standard InChI is InChI=1S/C24H16N2OS/c27-24-22-21(19-13-11-18(12-14-19)17-7-3-1-4-8-17)15-28-23(22)25-16-26(24)20-9-5-2-6-10-20/h1-16H. The molecule has 5 rings (SSSR count). The zero-order valence-corrected chi connectivity index (χ0v) is 15.8. The molecule has 28 heavy (non-hydrogen) atoms. The smallest absolute Gasteiger partial charge is 0.267 e. The van der Waals surface area contributed by atoms with Crippen LogP contribution in [0.15, 0.2) is 101 Å². The SMILES string of the molecule is O=c1c2c(-c3ccc(-c4ccccc4)cc3)csc2ncn1-c1ccccc1. The highest BCUT2D eigenvalue weighted by Gasteiger charge is 2.14. The van der Waals surface area contributed by atoms with Gasteiger partial charge in [0.05, 0.1) is 11.1 Å². The normalized spacial score (nSPS) is 11.0. The predicted octanol–water partition coefficient (Wildman–Crippen LogP) is 5.78. The third-order valence-corrected chi connectivity index (χ3v) is 5.72. The molecule has 5 aromatic rings. The van der Waals surface area contributed by atoms with Crippen molar-refractivity contribution in [3.63, 3.8) is 0 Å². The Morgan fingerprint density at radius 2 is 1.32 bits per heavy atom. The molecule has 4 heteroatoms. The molecule has 0 aliphatic heterocycles. The Bertz CT molecular complexity index is 1300. The lowest BCUT2D eigenvalue weighted by atomic mass is 10.0. The Morgan fingerprint density at radius 3 is 2.04 bits per heavy atom. The molecule has 0 spiro atoms. The van der Waals surface area contributed by atoms with Gasteiger partial charge in [-0.05, 0) is 28.8 Å². The quantitative estimate of drug-likeness (QED) is 0.398. The zero-order chi connectivity index (χ0) is 18.9. The van der Waals surface area contributed by atoms with Crippen molar-refractivity contribution in [2.24, 2.45) is 0 Å². The van der Waals surface area contributed by atoms with Gasteiger partial charge in [0.2, 0.25) is 0 Å². The van der Waals surface area contributed by atoms with Gasteiger partial charge >= 0.3 is 0 Å². The topological polar surface area (TPSA) is 34.9 Å². The van der Waals surface area contributed by atoms with Crippen LogP contribution in [0.2, 0.25) is 0 Å². The highest BCUT2D eigenvalue weighted by atomic mass is 32.1. The van der Waals surface area contributed by atoms with Gasteiger partial charge in [-0.2, -0.15) is 0 Å². The van der Waals surface area contributed by atoms with Gasteiger partial charge in [0, 0.05) is 10.9 Å². The first-order valence-corrected chi connectivity index (χ1v) is 9.89. The van der Waals surface area contributed by atoms with Crippen molar-refractivity contribution >= 4 is 21.6 Å². The van der Waals surface area contributed by atoms with E-state index in [2.05, 4.69) is 41.4 Å². The van der Waals surface area contributed by atoms with Crippen LogP contribution in [0.4, 0.5) is 0 Å². The van der Waals surface area contributed by atoms with Gasteiger partial charge in [0.1, 0.15) is 11.2 Å². The molecule has 0 saturated carbocycles. The minimum Gasteiger partial charge on any atom is -0.268 e. The summed E-state index contributed by atoms with van der Waals surface area (Å²) in [4.78, 5) is 18.5. The monoisotopic (exact) mass is 380 g/mol. The van der Waals surface area contributed by atoms with Crippen LogP contribution >= 0.6 is 11.3 Å². The summed E-state index contributed by atoms with van der Waals surface area (Å²) in [5.74, 6) is 0. The molecular formula is C24H16N2OS. The van der Waals surface area contributed by atoms with Crippen molar-refractivity contribution in [3.05, 3.63) is 107 Å². The van der Waals surface area contributed by atoms with Crippen molar-refractivity contribution in [2.45, 2.75) is 0 Å². The second-order valence-corrected chi connectivity index (χ2v) is 7.39. The predicted molar refractivity (Wildman–Crippen MR) is 116 cm³/mol. The van der Waals surface area contributed by atoms with Crippen LogP contribution in [0.1, 0.15) is 0 Å². The number of hydrogen-bond donors (Lipinski definition) is 0. The Kier molecular flexibility index (Phi) is 4.11. The molecule has 0 amide bonds. The second kappa shape index (κ2) is 6.91. The van der Waals surface area contributed by atoms with Crippen LogP contribution in [-0.4, -0.2) is 9.55 Å². The highest BCUT2D eigenvalue weighted by molar-refractivity contribution is 7.17. The molecule has 3 nitrogen and oxygen atoms in total. The number of aromatic nitrogens is 2. The Balaban J connectivity index is 1.63. The van der Waals surface area contributed by atoms with Gasteiger partial charge in [-0.1, -0.05) is 72.8 Å². The summed E-state index contributed by atoms with van der Waals surface area (Å²) in [5.41, 5.74) is 5.07. The van der Waals surface area contributed by atoms with Gasteiger partial charge in [-0.15, -0.1) is 11.3 Å². The van der Waals surface area contributed by atoms with Gasteiger partial charge < -0.3 is 0 Å². The molecule has 2 heterocycles. The average molecular weight is 380 g/mol. The van der Waals surface area contributed by atoms with E-state index in [0.29, 0.717) is 5.39 Å². The summed E-state index contributed by atoms with van der Waals surface area (Å²) < 4.78 is 1.61. The molecule has 0 aliphatic carbocycles. The van der Waals surface area contributed by atoms with Crippen molar-refractivity contribution in [1.29, 1.82) is 0 Å². The summed E-state index contributed by atoms with van der Waals surface area (Å²) in [6.45, 7) is 0. The number of benzene rings is 3. The lowest BCUT2D eigenvalue weighted by Crippen LogP contribution is -2.18. The van der Waals surface area contributed by atoms with E-state index in [0.717, 1.165) is 27.2 Å². The van der Waals surface area contributed by atoms with Gasteiger partial charge in [0.15, 0.2) is 0 Å². The molecular weight excluding hydrogens is 364 g/mol. The number of para-hydroxylation sites is 1. The van der Waals surface area contributed by atoms with Crippen LogP contribution in [0, 0.1) is 0 Å². The van der Waals surface area contributed by atoms with Crippen molar-refractivity contribution in [1.82, 2.24) is 9.55 Å². The first-order chi connectivity index (χ1) is 13.8. The van der Waals surface area contributed by atoms with Crippen LogP contribution in [0.3, 0.4) is 0 Å². The minimum atomic E-state index is -0.0421. The van der Waals surface area contributed by atoms with Gasteiger partial charge in [-0.3, -0.25) is 9.36 Å². The van der Waals surface area contributed by atoms with Crippen LogP contribution in [-0.2, 0) is 0 Å². The van der Waals surface area contributed by atoms with E-state index in [1.165, 1.54) is 16.9 Å². The summed E-state index contributed by atoms with van der Waals surface area (Å²) in [5, 5.41) is 2.69. The molecule has 0 N–H and O–H groups in total. The minimum absolute atomic E-state index is 0.0421. The Labute approximate surface area is 166 Å². The Morgan fingerprint density at radius 1 is 0.714 bits per heavy atom. The molecule has 0 unspecified atom stereocenters. The van der Waals surface area contributed by atoms with Crippen LogP contribution in [0.25, 0.3) is 38.2 Å². The van der Waals surface area contributed by atoms with Gasteiger partial charge in [0.25, 0.3) is 5.56 Å². The lowest BCUT2D eigenvalue weighted by Gasteiger charge is -2.07. The third kappa shape index (κ3) is 2.84. The van der Waals surface area contributed by atoms with E-state index in [-0.39, 0.29) is 5.56 Å². The number of hydrogen-bond acceptors (Lipinski definition) is 3. The average Bonchev–Trinajstić information content (AvgIpc) is 3.20. The van der Waals surface area contributed by atoms with E-state index >= 15 is 0 Å². The van der Waals surface area contributed by atoms with Crippen LogP contribution < -0.4 is 5.56 Å². The first kappa shape index (κ1) is 16.7. The van der Waals surface area contributed by atoms with Crippen molar-refractivity contribution in [2.75, 3.05) is 0 Å². The fourth-order valence-electron chi connectivity index (χ4n) is 3.39. The van der Waals surface area contributed by atoms with Crippen molar-refractivity contribution in [3.8, 4) is 27.9 Å². The third-order valence-electron chi connectivity index (χ3n) is 4.83. The Hall–Kier alpha value is -3.50. The number of rotatable bonds is 3. The first-order valence-electron chi connectivity index (χ1n) is 9.01. The maximum Gasteiger partial charge on any atom is 0.267 e. The molecule has 0 fully saturated rings. The van der Waals surface area contributed by atoms with E-state index < -0.39 is 0 Å². The number of fused-ring (bicyclic) bond motifs is 1. The molecule has 2 aromatic heterocycles. The second-order valence-electron chi connectivity index (χ2n) is 6.53. The zero-order valence-electron chi connectivity index (χ0n) is 14.9. The number of thiophene rings is 1.